The van der Waals surface area contributed by atoms with Crippen LogP contribution in [0.4, 0.5) is 20.6 Å². The number of nitrogens with one attached hydrogen (secondary N) is 2. The summed E-state index contributed by atoms with van der Waals surface area (Å²) in [7, 11) is 3.28. The smallest absolute Gasteiger partial charge is 0.336 e. The van der Waals surface area contributed by atoms with Gasteiger partial charge in [-0.15, -0.1) is 0 Å². The lowest BCUT2D eigenvalue weighted by molar-refractivity contribution is 0.00915. The maximum atomic E-state index is 14.0. The number of carbonyl (C=O) groups is 3. The molecule has 1 aliphatic heterocycles. The van der Waals surface area contributed by atoms with Gasteiger partial charge < -0.3 is 30.1 Å². The summed E-state index contributed by atoms with van der Waals surface area (Å²) in [5, 5.41) is 14.8. The number of hydrogen-bond donors (Lipinski definition) is 3. The van der Waals surface area contributed by atoms with Crippen LogP contribution in [0, 0.1) is 11.7 Å². The molecule has 0 radical (unpaired) electrons. The Bertz CT molecular complexity index is 1470. The second-order valence-electron chi connectivity index (χ2n) is 10.8. The predicted molar refractivity (Wildman–Crippen MR) is 161 cm³/mol. The Morgan fingerprint density at radius 2 is 1.77 bits per heavy atom. The number of carboxylic acids is 1. The minimum atomic E-state index is -0.988. The lowest BCUT2D eigenvalue weighted by Gasteiger charge is -2.36. The van der Waals surface area contributed by atoms with Gasteiger partial charge in [0.1, 0.15) is 18.2 Å². The van der Waals surface area contributed by atoms with E-state index in [2.05, 4.69) is 15.5 Å². The summed E-state index contributed by atoms with van der Waals surface area (Å²) in [5.74, 6) is -1.57. The fourth-order valence-corrected chi connectivity index (χ4v) is 5.08. The van der Waals surface area contributed by atoms with Crippen molar-refractivity contribution in [2.75, 3.05) is 44.5 Å². The number of fused-ring (bicyclic) bond motifs is 1. The van der Waals surface area contributed by atoms with Crippen LogP contribution in [0.5, 0.6) is 5.75 Å². The first kappa shape index (κ1) is 31.5. The third-order valence-electron chi connectivity index (χ3n) is 7.57. The second kappa shape index (κ2) is 14.1. The number of ether oxygens (including phenoxy) is 2. The van der Waals surface area contributed by atoms with Crippen molar-refractivity contribution in [2.24, 2.45) is 5.92 Å². The number of hydrogen-bond acceptors (Lipinski definition) is 6. The Morgan fingerprint density at radius 1 is 1.05 bits per heavy atom. The molecule has 4 rings (SSSR count). The van der Waals surface area contributed by atoms with Crippen molar-refractivity contribution < 1.29 is 33.4 Å². The van der Waals surface area contributed by atoms with Crippen molar-refractivity contribution in [3.05, 3.63) is 89.2 Å². The van der Waals surface area contributed by atoms with E-state index in [0.717, 1.165) is 0 Å². The molecule has 0 unspecified atom stereocenters. The number of nitrogens with zero attached hydrogens (tertiary/aromatic N) is 2. The molecule has 3 aromatic rings. The van der Waals surface area contributed by atoms with Gasteiger partial charge in [0, 0.05) is 45.5 Å². The number of carbonyl (C=O) groups excluding carboxylic acids is 2. The van der Waals surface area contributed by atoms with Crippen molar-refractivity contribution in [1.29, 1.82) is 0 Å². The highest BCUT2D eigenvalue weighted by Crippen LogP contribution is 2.27. The predicted octanol–water partition coefficient (Wildman–Crippen LogP) is 5.17. The van der Waals surface area contributed by atoms with Crippen molar-refractivity contribution in [3.8, 4) is 5.75 Å². The molecule has 1 aliphatic rings. The Labute approximate surface area is 250 Å². The van der Waals surface area contributed by atoms with Crippen molar-refractivity contribution in [2.45, 2.75) is 32.5 Å². The van der Waals surface area contributed by atoms with Gasteiger partial charge in [0.2, 0.25) is 0 Å². The van der Waals surface area contributed by atoms with E-state index >= 15 is 0 Å². The number of carboxylic acid groups (broad SMARTS) is 1. The van der Waals surface area contributed by atoms with Gasteiger partial charge in [-0.25, -0.2) is 14.0 Å². The van der Waals surface area contributed by atoms with Crippen LogP contribution in [0.25, 0.3) is 0 Å². The zero-order valence-corrected chi connectivity index (χ0v) is 24.7. The fraction of sp³-hybridized carbons (Fsp3) is 0.344. The molecule has 11 heteroatoms. The topological polar surface area (TPSA) is 120 Å². The highest BCUT2D eigenvalue weighted by atomic mass is 19.1. The number of halogens is 1. The third kappa shape index (κ3) is 7.88. The highest BCUT2D eigenvalue weighted by Gasteiger charge is 2.29. The maximum absolute atomic E-state index is 14.0. The zero-order valence-electron chi connectivity index (χ0n) is 24.7. The quantitative estimate of drug-likeness (QED) is 0.361. The molecule has 10 nitrogen and oxygen atoms in total. The molecule has 0 saturated carbocycles. The number of benzene rings is 3. The van der Waals surface area contributed by atoms with E-state index in [1.165, 1.54) is 24.3 Å². The first-order valence-electron chi connectivity index (χ1n) is 14.0. The van der Waals surface area contributed by atoms with Crippen LogP contribution < -0.4 is 15.4 Å². The summed E-state index contributed by atoms with van der Waals surface area (Å²) in [6.07, 6.45) is -0.310. The number of rotatable bonds is 6. The van der Waals surface area contributed by atoms with Crippen LogP contribution in [0.2, 0.25) is 0 Å². The molecular formula is C32H37FN4O6. The van der Waals surface area contributed by atoms with E-state index in [-0.39, 0.29) is 53.9 Å². The molecule has 0 aliphatic carbocycles. The molecule has 3 amide bonds. The molecule has 0 bridgehead atoms. The van der Waals surface area contributed by atoms with E-state index < -0.39 is 17.8 Å². The molecule has 0 saturated heterocycles. The molecule has 0 fully saturated rings. The first-order chi connectivity index (χ1) is 20.6. The molecule has 228 valence electrons. The van der Waals surface area contributed by atoms with Crippen LogP contribution >= 0.6 is 0 Å². The van der Waals surface area contributed by atoms with Crippen molar-refractivity contribution in [3.63, 3.8) is 0 Å². The minimum absolute atomic E-state index is 0.0198. The monoisotopic (exact) mass is 592 g/mol. The molecule has 0 spiro atoms. The number of aromatic carboxylic acids is 1. The Hall–Kier alpha value is -4.48. The molecule has 3 aromatic carbocycles. The number of likely N-dealkylation sites (N-methyl/N-ethyl adjacent to an activating group) is 1. The molecular weight excluding hydrogens is 555 g/mol. The second-order valence-corrected chi connectivity index (χ2v) is 10.8. The maximum Gasteiger partial charge on any atom is 0.336 e. The normalized spacial score (nSPS) is 19.8. The summed E-state index contributed by atoms with van der Waals surface area (Å²) >= 11 is 0. The van der Waals surface area contributed by atoms with Crippen LogP contribution in [0.1, 0.15) is 40.1 Å². The van der Waals surface area contributed by atoms with Crippen LogP contribution in [0.15, 0.2) is 66.7 Å². The van der Waals surface area contributed by atoms with E-state index in [4.69, 9.17) is 9.47 Å². The lowest BCUT2D eigenvalue weighted by atomic mass is 10.00. The Morgan fingerprint density at radius 3 is 2.49 bits per heavy atom. The van der Waals surface area contributed by atoms with E-state index in [1.54, 1.807) is 49.4 Å². The average molecular weight is 593 g/mol. The van der Waals surface area contributed by atoms with Gasteiger partial charge in [-0.3, -0.25) is 9.69 Å². The minimum Gasteiger partial charge on any atom is -0.491 e. The van der Waals surface area contributed by atoms with Crippen molar-refractivity contribution in [1.82, 2.24) is 9.80 Å². The van der Waals surface area contributed by atoms with E-state index in [9.17, 15) is 23.9 Å². The summed E-state index contributed by atoms with van der Waals surface area (Å²) in [4.78, 5) is 41.8. The number of anilines is 2. The third-order valence-corrected chi connectivity index (χ3v) is 7.57. The van der Waals surface area contributed by atoms with E-state index in [0.29, 0.717) is 30.1 Å². The standard InChI is InChI=1S/C32H37FN4O6/c1-20-16-37(17-22-9-5-6-10-24(22)31(39)40)21(2)19-43-28-14-13-23(15-25(28)30(38)36(3)18-29(20)42-4)34-32(41)35-27-12-8-7-11-26(27)33/h5-15,20-21,29H,16-19H2,1-4H3,(H,39,40)(H2,34,35,41)/t20-,21-,29+/m1/s1. The van der Waals surface area contributed by atoms with Gasteiger partial charge in [-0.1, -0.05) is 37.3 Å². The van der Waals surface area contributed by atoms with Gasteiger partial charge in [0.05, 0.1) is 22.9 Å². The average Bonchev–Trinajstić information content (AvgIpc) is 2.98. The van der Waals surface area contributed by atoms with Gasteiger partial charge in [0.15, 0.2) is 0 Å². The molecule has 3 N–H and O–H groups in total. The first-order valence-corrected chi connectivity index (χ1v) is 14.0. The molecule has 3 atom stereocenters. The van der Waals surface area contributed by atoms with Crippen LogP contribution in [0.3, 0.4) is 0 Å². The van der Waals surface area contributed by atoms with E-state index in [1.807, 2.05) is 26.0 Å². The summed E-state index contributed by atoms with van der Waals surface area (Å²) in [5.41, 5.74) is 1.51. The summed E-state index contributed by atoms with van der Waals surface area (Å²) in [6, 6.07) is 16.6. The largest absolute Gasteiger partial charge is 0.491 e. The lowest BCUT2D eigenvalue weighted by Crippen LogP contribution is -2.46. The number of methoxy groups -OCH3 is 1. The fourth-order valence-electron chi connectivity index (χ4n) is 5.08. The zero-order chi connectivity index (χ0) is 31.1. The molecule has 1 heterocycles. The summed E-state index contributed by atoms with van der Waals surface area (Å²) < 4.78 is 26.0. The number of amides is 3. The van der Waals surface area contributed by atoms with Gasteiger partial charge >= 0.3 is 12.0 Å². The summed E-state index contributed by atoms with van der Waals surface area (Å²) in [6.45, 7) is 5.48. The SMILES string of the molecule is CO[C@H]1CN(C)C(=O)c2cc(NC(=O)Nc3ccccc3F)ccc2OC[C@@H](C)N(Cc2ccccc2C(=O)O)C[C@H]1C. The molecule has 43 heavy (non-hydrogen) atoms. The van der Waals surface area contributed by atoms with Crippen LogP contribution in [-0.4, -0.2) is 78.8 Å². The number of para-hydroxylation sites is 1. The van der Waals surface area contributed by atoms with Gasteiger partial charge in [-0.05, 0) is 54.8 Å². The number of urea groups is 1. The van der Waals surface area contributed by atoms with Crippen LogP contribution in [-0.2, 0) is 11.3 Å². The van der Waals surface area contributed by atoms with Gasteiger partial charge in [0.25, 0.3) is 5.91 Å². The Balaban J connectivity index is 1.61. The molecule has 0 aromatic heterocycles. The van der Waals surface area contributed by atoms with Gasteiger partial charge in [-0.2, -0.15) is 0 Å². The van der Waals surface area contributed by atoms with Crippen molar-refractivity contribution >= 4 is 29.3 Å². The Kier molecular flexibility index (Phi) is 10.3. The highest BCUT2D eigenvalue weighted by molar-refractivity contribution is 6.02.